The maximum atomic E-state index is 13.6. The Labute approximate surface area is 205 Å². The predicted octanol–water partition coefficient (Wildman–Crippen LogP) is 6.52. The van der Waals surface area contributed by atoms with Crippen molar-refractivity contribution in [2.75, 3.05) is 6.54 Å². The van der Waals surface area contributed by atoms with Crippen LogP contribution in [-0.2, 0) is 23.8 Å². The summed E-state index contributed by atoms with van der Waals surface area (Å²) in [6.45, 7) is 2.16. The molecule has 1 aliphatic rings. The van der Waals surface area contributed by atoms with Gasteiger partial charge in [0, 0.05) is 12.1 Å². The first-order chi connectivity index (χ1) is 17.2. The normalized spacial score (nSPS) is 15.6. The van der Waals surface area contributed by atoms with E-state index >= 15 is 0 Å². The maximum absolute atomic E-state index is 13.6. The van der Waals surface area contributed by atoms with Crippen LogP contribution >= 0.6 is 0 Å². The molecule has 0 saturated heterocycles. The summed E-state index contributed by atoms with van der Waals surface area (Å²) in [7, 11) is 0. The van der Waals surface area contributed by atoms with Gasteiger partial charge in [0.2, 0.25) is 11.8 Å². The molecule has 1 amide bonds. The molecule has 1 atom stereocenters. The molecule has 1 aromatic heterocycles. The number of amides is 1. The van der Waals surface area contributed by atoms with Gasteiger partial charge in [0.05, 0.1) is 23.7 Å². The van der Waals surface area contributed by atoms with Crippen molar-refractivity contribution in [2.24, 2.45) is 0 Å². The quantitative estimate of drug-likeness (QED) is 0.303. The standard InChI is InChI=1S/C28H22F4N2O2/c1-17-24(33-27(36-17)20-6-10-21(11-7-20)28(30,31)32)16-25(35)34-15-14-18-4-2-3-5-23(18)26(34)19-8-12-22(29)13-9-19/h2-13,26H,14-16H2,1H3/t26-/m1/s1. The third kappa shape index (κ3) is 4.63. The summed E-state index contributed by atoms with van der Waals surface area (Å²) in [5.74, 6) is 0.0565. The predicted molar refractivity (Wildman–Crippen MR) is 125 cm³/mol. The van der Waals surface area contributed by atoms with E-state index in [0.717, 1.165) is 28.8 Å². The van der Waals surface area contributed by atoms with Crippen LogP contribution in [-0.4, -0.2) is 22.3 Å². The number of halogens is 4. The highest BCUT2D eigenvalue weighted by Gasteiger charge is 2.33. The van der Waals surface area contributed by atoms with Gasteiger partial charge in [0.1, 0.15) is 11.6 Å². The Morgan fingerprint density at radius 1 is 1.03 bits per heavy atom. The lowest BCUT2D eigenvalue weighted by atomic mass is 9.88. The molecule has 0 spiro atoms. The van der Waals surface area contributed by atoms with Crippen molar-refractivity contribution in [1.82, 2.24) is 9.88 Å². The number of rotatable bonds is 4. The van der Waals surface area contributed by atoms with Crippen LogP contribution in [0.2, 0.25) is 0 Å². The lowest BCUT2D eigenvalue weighted by Gasteiger charge is -2.38. The summed E-state index contributed by atoms with van der Waals surface area (Å²) in [5.41, 5.74) is 2.98. The summed E-state index contributed by atoms with van der Waals surface area (Å²) in [6, 6.07) is 18.2. The molecular weight excluding hydrogens is 472 g/mol. The van der Waals surface area contributed by atoms with Crippen LogP contribution in [0.5, 0.6) is 0 Å². The number of aromatic nitrogens is 1. The second-order valence-corrected chi connectivity index (χ2v) is 8.76. The van der Waals surface area contributed by atoms with Crippen LogP contribution in [0.25, 0.3) is 11.5 Å². The number of fused-ring (bicyclic) bond motifs is 1. The van der Waals surface area contributed by atoms with Gasteiger partial charge in [-0.2, -0.15) is 13.2 Å². The van der Waals surface area contributed by atoms with Crippen LogP contribution in [0.4, 0.5) is 17.6 Å². The molecular formula is C28H22F4N2O2. The molecule has 36 heavy (non-hydrogen) atoms. The number of benzene rings is 3. The highest BCUT2D eigenvalue weighted by atomic mass is 19.4. The average molecular weight is 494 g/mol. The smallest absolute Gasteiger partial charge is 0.416 e. The van der Waals surface area contributed by atoms with Gasteiger partial charge < -0.3 is 9.32 Å². The summed E-state index contributed by atoms with van der Waals surface area (Å²) < 4.78 is 57.9. The Morgan fingerprint density at radius 3 is 2.42 bits per heavy atom. The molecule has 0 N–H and O–H groups in total. The summed E-state index contributed by atoms with van der Waals surface area (Å²) >= 11 is 0. The van der Waals surface area contributed by atoms with Gasteiger partial charge in [-0.25, -0.2) is 9.37 Å². The van der Waals surface area contributed by atoms with E-state index in [0.29, 0.717) is 30.0 Å². The molecule has 184 valence electrons. The van der Waals surface area contributed by atoms with E-state index in [9.17, 15) is 22.4 Å². The third-order valence-corrected chi connectivity index (χ3v) is 6.46. The van der Waals surface area contributed by atoms with E-state index in [2.05, 4.69) is 4.98 Å². The number of aryl methyl sites for hydroxylation is 1. The number of hydrogen-bond donors (Lipinski definition) is 0. The Hall–Kier alpha value is -3.94. The van der Waals surface area contributed by atoms with Gasteiger partial charge in [0.15, 0.2) is 0 Å². The van der Waals surface area contributed by atoms with E-state index in [1.54, 1.807) is 24.0 Å². The van der Waals surface area contributed by atoms with Crippen molar-refractivity contribution in [1.29, 1.82) is 0 Å². The molecule has 0 bridgehead atoms. The van der Waals surface area contributed by atoms with Crippen molar-refractivity contribution in [3.8, 4) is 11.5 Å². The lowest BCUT2D eigenvalue weighted by Crippen LogP contribution is -2.41. The molecule has 8 heteroatoms. The zero-order valence-corrected chi connectivity index (χ0v) is 19.3. The van der Waals surface area contributed by atoms with Crippen molar-refractivity contribution < 1.29 is 26.8 Å². The summed E-state index contributed by atoms with van der Waals surface area (Å²) in [5, 5.41) is 0. The largest absolute Gasteiger partial charge is 0.441 e. The van der Waals surface area contributed by atoms with Crippen molar-refractivity contribution in [3.63, 3.8) is 0 Å². The van der Waals surface area contributed by atoms with Crippen LogP contribution in [0.3, 0.4) is 0 Å². The van der Waals surface area contributed by atoms with Gasteiger partial charge >= 0.3 is 6.18 Å². The fourth-order valence-electron chi connectivity index (χ4n) is 4.60. The van der Waals surface area contributed by atoms with E-state index in [1.165, 1.54) is 24.3 Å². The second-order valence-electron chi connectivity index (χ2n) is 8.76. The molecule has 2 heterocycles. The zero-order chi connectivity index (χ0) is 25.4. The third-order valence-electron chi connectivity index (χ3n) is 6.46. The van der Waals surface area contributed by atoms with Crippen LogP contribution < -0.4 is 0 Å². The summed E-state index contributed by atoms with van der Waals surface area (Å²) in [6.07, 6.45) is -3.78. The average Bonchev–Trinajstić information content (AvgIpc) is 3.23. The molecule has 0 saturated carbocycles. The molecule has 4 aromatic rings. The molecule has 0 fully saturated rings. The van der Waals surface area contributed by atoms with Gasteiger partial charge in [-0.05, 0) is 66.4 Å². The topological polar surface area (TPSA) is 46.3 Å². The van der Waals surface area contributed by atoms with E-state index < -0.39 is 11.7 Å². The minimum atomic E-state index is -4.43. The highest BCUT2D eigenvalue weighted by molar-refractivity contribution is 5.80. The second kappa shape index (κ2) is 9.26. The first-order valence-corrected chi connectivity index (χ1v) is 11.5. The van der Waals surface area contributed by atoms with Crippen molar-refractivity contribution in [2.45, 2.75) is 32.0 Å². The molecule has 4 nitrogen and oxygen atoms in total. The summed E-state index contributed by atoms with van der Waals surface area (Å²) in [4.78, 5) is 19.7. The number of hydrogen-bond acceptors (Lipinski definition) is 3. The van der Waals surface area contributed by atoms with E-state index in [-0.39, 0.29) is 30.1 Å². The number of alkyl halides is 3. The fourth-order valence-corrected chi connectivity index (χ4v) is 4.60. The van der Waals surface area contributed by atoms with E-state index in [1.807, 2.05) is 24.3 Å². The van der Waals surface area contributed by atoms with E-state index in [4.69, 9.17) is 4.42 Å². The SMILES string of the molecule is Cc1oc(-c2ccc(C(F)(F)F)cc2)nc1CC(=O)N1CCc2ccccc2[C@H]1c1ccc(F)cc1. The lowest BCUT2D eigenvalue weighted by molar-refractivity contribution is -0.137. The molecule has 0 unspecified atom stereocenters. The molecule has 0 aliphatic carbocycles. The zero-order valence-electron chi connectivity index (χ0n) is 19.3. The Kier molecular flexibility index (Phi) is 6.12. The minimum Gasteiger partial charge on any atom is -0.441 e. The molecule has 3 aromatic carbocycles. The number of carbonyl (C=O) groups excluding carboxylic acids is 1. The number of nitrogens with zero attached hydrogens (tertiary/aromatic N) is 2. The molecule has 1 aliphatic heterocycles. The highest BCUT2D eigenvalue weighted by Crippen LogP contribution is 2.36. The van der Waals surface area contributed by atoms with Gasteiger partial charge in [0.25, 0.3) is 0 Å². The Morgan fingerprint density at radius 2 is 1.72 bits per heavy atom. The first kappa shape index (κ1) is 23.8. The van der Waals surface area contributed by atoms with Crippen molar-refractivity contribution >= 4 is 5.91 Å². The van der Waals surface area contributed by atoms with Gasteiger partial charge in [-0.3, -0.25) is 4.79 Å². The van der Waals surface area contributed by atoms with Gasteiger partial charge in [-0.15, -0.1) is 0 Å². The van der Waals surface area contributed by atoms with Crippen LogP contribution in [0.15, 0.2) is 77.2 Å². The van der Waals surface area contributed by atoms with Crippen LogP contribution in [0, 0.1) is 12.7 Å². The first-order valence-electron chi connectivity index (χ1n) is 11.5. The monoisotopic (exact) mass is 494 g/mol. The van der Waals surface area contributed by atoms with Gasteiger partial charge in [-0.1, -0.05) is 36.4 Å². The number of carbonyl (C=O) groups is 1. The Bertz CT molecular complexity index is 1390. The van der Waals surface area contributed by atoms with Crippen LogP contribution in [0.1, 0.15) is 39.7 Å². The molecule has 5 rings (SSSR count). The number of oxazole rings is 1. The van der Waals surface area contributed by atoms with Crippen molar-refractivity contribution in [3.05, 3.63) is 112 Å². The Balaban J connectivity index is 1.42. The fraction of sp³-hybridized carbons (Fsp3) is 0.214. The maximum Gasteiger partial charge on any atom is 0.416 e. The minimum absolute atomic E-state index is 0.0319. The molecule has 0 radical (unpaired) electrons.